The fourth-order valence-corrected chi connectivity index (χ4v) is 1.93. The number of hydrogen-bond acceptors (Lipinski definition) is 5. The van der Waals surface area contributed by atoms with E-state index in [1.165, 1.54) is 12.8 Å². The first-order valence-corrected chi connectivity index (χ1v) is 5.82. The summed E-state index contributed by atoms with van der Waals surface area (Å²) in [7, 11) is 2.06. The minimum Gasteiger partial charge on any atom is -0.348 e. The van der Waals surface area contributed by atoms with Crippen LogP contribution in [0.2, 0.25) is 0 Å². The molecule has 1 aliphatic carbocycles. The molecule has 14 heavy (non-hydrogen) atoms. The van der Waals surface area contributed by atoms with E-state index in [0.717, 1.165) is 29.3 Å². The Morgan fingerprint density at radius 2 is 2.29 bits per heavy atom. The van der Waals surface area contributed by atoms with Gasteiger partial charge in [0.05, 0.1) is 0 Å². The van der Waals surface area contributed by atoms with Gasteiger partial charge >= 0.3 is 0 Å². The summed E-state index contributed by atoms with van der Waals surface area (Å²) in [6.45, 7) is 4.03. The van der Waals surface area contributed by atoms with Crippen LogP contribution in [0.25, 0.3) is 0 Å². The van der Waals surface area contributed by atoms with E-state index in [0.29, 0.717) is 0 Å². The SMILES string of the molecule is Cc1nnc(N(C)CCNC2CC2)s1. The number of aryl methyl sites for hydroxylation is 1. The van der Waals surface area contributed by atoms with Gasteiger partial charge in [0, 0.05) is 26.2 Å². The molecule has 1 aromatic heterocycles. The van der Waals surface area contributed by atoms with Crippen molar-refractivity contribution in [2.45, 2.75) is 25.8 Å². The molecule has 0 radical (unpaired) electrons. The largest absolute Gasteiger partial charge is 0.348 e. The maximum Gasteiger partial charge on any atom is 0.208 e. The summed E-state index contributed by atoms with van der Waals surface area (Å²) >= 11 is 1.65. The summed E-state index contributed by atoms with van der Waals surface area (Å²) in [4.78, 5) is 2.15. The van der Waals surface area contributed by atoms with E-state index in [-0.39, 0.29) is 0 Å². The van der Waals surface area contributed by atoms with Crippen LogP contribution in [-0.2, 0) is 0 Å². The number of nitrogens with one attached hydrogen (secondary N) is 1. The Bertz CT molecular complexity index is 295. The van der Waals surface area contributed by atoms with Gasteiger partial charge in [-0.3, -0.25) is 0 Å². The molecule has 1 fully saturated rings. The highest BCUT2D eigenvalue weighted by molar-refractivity contribution is 7.15. The van der Waals surface area contributed by atoms with E-state index in [1.807, 2.05) is 6.92 Å². The second-order valence-electron chi connectivity index (χ2n) is 3.75. The zero-order valence-electron chi connectivity index (χ0n) is 8.66. The van der Waals surface area contributed by atoms with Crippen molar-refractivity contribution in [2.24, 2.45) is 0 Å². The Morgan fingerprint density at radius 3 is 2.86 bits per heavy atom. The van der Waals surface area contributed by atoms with Crippen molar-refractivity contribution in [1.82, 2.24) is 15.5 Å². The van der Waals surface area contributed by atoms with E-state index in [4.69, 9.17) is 0 Å². The van der Waals surface area contributed by atoms with Gasteiger partial charge in [-0.1, -0.05) is 11.3 Å². The third-order valence-corrected chi connectivity index (χ3v) is 3.25. The Morgan fingerprint density at radius 1 is 1.50 bits per heavy atom. The molecule has 78 valence electrons. The number of likely N-dealkylation sites (N-methyl/N-ethyl adjacent to an activating group) is 1. The summed E-state index contributed by atoms with van der Waals surface area (Å²) in [6, 6.07) is 0.791. The molecule has 0 atom stereocenters. The molecule has 4 nitrogen and oxygen atoms in total. The van der Waals surface area contributed by atoms with Crippen LogP contribution in [0, 0.1) is 6.92 Å². The first-order chi connectivity index (χ1) is 6.75. The molecule has 1 N–H and O–H groups in total. The van der Waals surface area contributed by atoms with E-state index in [9.17, 15) is 0 Å². The van der Waals surface area contributed by atoms with E-state index >= 15 is 0 Å². The molecule has 1 saturated carbocycles. The number of hydrogen-bond donors (Lipinski definition) is 1. The molecule has 0 aliphatic heterocycles. The second kappa shape index (κ2) is 4.23. The molecular weight excluding hydrogens is 196 g/mol. The van der Waals surface area contributed by atoms with Crippen molar-refractivity contribution in [3.63, 3.8) is 0 Å². The molecule has 5 heteroatoms. The van der Waals surface area contributed by atoms with Crippen LogP contribution < -0.4 is 10.2 Å². The first kappa shape index (κ1) is 9.86. The predicted octanol–water partition coefficient (Wildman–Crippen LogP) is 1.03. The maximum atomic E-state index is 4.10. The third-order valence-electron chi connectivity index (χ3n) is 2.30. The van der Waals surface area contributed by atoms with Gasteiger partial charge in [0.25, 0.3) is 0 Å². The fraction of sp³-hybridized carbons (Fsp3) is 0.778. The van der Waals surface area contributed by atoms with Crippen molar-refractivity contribution in [1.29, 1.82) is 0 Å². The molecule has 1 heterocycles. The quantitative estimate of drug-likeness (QED) is 0.791. The summed E-state index contributed by atoms with van der Waals surface area (Å²) in [5.41, 5.74) is 0. The minimum absolute atomic E-state index is 0.791. The average Bonchev–Trinajstić information content (AvgIpc) is 2.87. The van der Waals surface area contributed by atoms with Crippen LogP contribution in [0.5, 0.6) is 0 Å². The zero-order chi connectivity index (χ0) is 9.97. The Kier molecular flexibility index (Phi) is 2.98. The highest BCUT2D eigenvalue weighted by Gasteiger charge is 2.19. The van der Waals surface area contributed by atoms with E-state index in [1.54, 1.807) is 11.3 Å². The fourth-order valence-electron chi connectivity index (χ4n) is 1.26. The molecule has 0 amide bonds. The highest BCUT2D eigenvalue weighted by Crippen LogP contribution is 2.19. The summed E-state index contributed by atoms with van der Waals surface area (Å²) in [6.07, 6.45) is 2.70. The molecule has 0 bridgehead atoms. The Hall–Kier alpha value is -0.680. The lowest BCUT2D eigenvalue weighted by Crippen LogP contribution is -2.30. The zero-order valence-corrected chi connectivity index (χ0v) is 9.47. The first-order valence-electron chi connectivity index (χ1n) is 5.00. The molecular formula is C9H16N4S. The molecule has 2 rings (SSSR count). The maximum absolute atomic E-state index is 4.10. The van der Waals surface area contributed by atoms with Crippen LogP contribution >= 0.6 is 11.3 Å². The van der Waals surface area contributed by atoms with Gasteiger partial charge in [-0.25, -0.2) is 0 Å². The number of anilines is 1. The van der Waals surface area contributed by atoms with Crippen molar-refractivity contribution in [3.8, 4) is 0 Å². The second-order valence-corrected chi connectivity index (χ2v) is 4.91. The molecule has 0 unspecified atom stereocenters. The third kappa shape index (κ3) is 2.65. The smallest absolute Gasteiger partial charge is 0.208 e. The molecule has 1 aromatic rings. The standard InChI is InChI=1S/C9H16N4S/c1-7-11-12-9(14-7)13(2)6-5-10-8-3-4-8/h8,10H,3-6H2,1-2H3. The van der Waals surface area contributed by atoms with Gasteiger partial charge in [0.1, 0.15) is 5.01 Å². The lowest BCUT2D eigenvalue weighted by Gasteiger charge is -2.14. The summed E-state index contributed by atoms with van der Waals surface area (Å²) in [5.74, 6) is 0. The van der Waals surface area contributed by atoms with Gasteiger partial charge < -0.3 is 10.2 Å². The summed E-state index contributed by atoms with van der Waals surface area (Å²) < 4.78 is 0. The van der Waals surface area contributed by atoms with Crippen LogP contribution in [0.3, 0.4) is 0 Å². The van der Waals surface area contributed by atoms with E-state index in [2.05, 4.69) is 27.5 Å². The number of nitrogens with zero attached hydrogens (tertiary/aromatic N) is 3. The normalized spacial score (nSPS) is 15.9. The lowest BCUT2D eigenvalue weighted by molar-refractivity contribution is 0.673. The predicted molar refractivity (Wildman–Crippen MR) is 58.9 cm³/mol. The molecule has 1 aliphatic rings. The van der Waals surface area contributed by atoms with Crippen LogP contribution in [-0.4, -0.2) is 36.4 Å². The van der Waals surface area contributed by atoms with Crippen molar-refractivity contribution in [3.05, 3.63) is 5.01 Å². The van der Waals surface area contributed by atoms with Gasteiger partial charge in [-0.15, -0.1) is 10.2 Å². The number of aromatic nitrogens is 2. The Balaban J connectivity index is 1.73. The van der Waals surface area contributed by atoms with Gasteiger partial charge in [-0.2, -0.15) is 0 Å². The van der Waals surface area contributed by atoms with E-state index < -0.39 is 0 Å². The molecule has 0 spiro atoms. The monoisotopic (exact) mass is 212 g/mol. The summed E-state index contributed by atoms with van der Waals surface area (Å²) in [5, 5.41) is 13.6. The van der Waals surface area contributed by atoms with Gasteiger partial charge in [0.15, 0.2) is 0 Å². The minimum atomic E-state index is 0.791. The van der Waals surface area contributed by atoms with Crippen molar-refractivity contribution >= 4 is 16.5 Å². The van der Waals surface area contributed by atoms with Crippen molar-refractivity contribution < 1.29 is 0 Å². The topological polar surface area (TPSA) is 41.1 Å². The molecule has 0 saturated heterocycles. The lowest BCUT2D eigenvalue weighted by atomic mass is 10.5. The van der Waals surface area contributed by atoms with Gasteiger partial charge in [-0.05, 0) is 19.8 Å². The van der Waals surface area contributed by atoms with Crippen molar-refractivity contribution in [2.75, 3.05) is 25.0 Å². The molecule has 0 aromatic carbocycles. The van der Waals surface area contributed by atoms with Crippen LogP contribution in [0.4, 0.5) is 5.13 Å². The van der Waals surface area contributed by atoms with Crippen LogP contribution in [0.15, 0.2) is 0 Å². The Labute approximate surface area is 88.3 Å². The highest BCUT2D eigenvalue weighted by atomic mass is 32.1. The van der Waals surface area contributed by atoms with Gasteiger partial charge in [0.2, 0.25) is 5.13 Å². The number of rotatable bonds is 5. The van der Waals surface area contributed by atoms with Crippen LogP contribution in [0.1, 0.15) is 17.8 Å². The average molecular weight is 212 g/mol.